The third-order valence-corrected chi connectivity index (χ3v) is 3.40. The number of carboxylic acids is 1. The molecule has 0 bridgehead atoms. The van der Waals surface area contributed by atoms with Crippen molar-refractivity contribution >= 4 is 18.0 Å². The van der Waals surface area contributed by atoms with Crippen LogP contribution in [0.2, 0.25) is 0 Å². The van der Waals surface area contributed by atoms with Gasteiger partial charge in [-0.3, -0.25) is 4.79 Å². The quantitative estimate of drug-likeness (QED) is 0.837. The van der Waals surface area contributed by atoms with E-state index in [0.717, 1.165) is 5.56 Å². The normalized spacial score (nSPS) is 14.2. The second-order valence-corrected chi connectivity index (χ2v) is 4.99. The summed E-state index contributed by atoms with van der Waals surface area (Å²) in [5.74, 6) is -0.267. The van der Waals surface area contributed by atoms with E-state index in [-0.39, 0.29) is 6.61 Å². The number of hydrogen-bond acceptors (Lipinski definition) is 4. The van der Waals surface area contributed by atoms with Crippen LogP contribution in [-0.4, -0.2) is 36.7 Å². The minimum Gasteiger partial charge on any atom is -0.493 e. The number of aliphatic carboxylic acids is 1. The highest BCUT2D eigenvalue weighted by Gasteiger charge is 2.24. The van der Waals surface area contributed by atoms with Crippen LogP contribution in [0.5, 0.6) is 11.5 Å². The highest BCUT2D eigenvalue weighted by Crippen LogP contribution is 2.35. The first-order valence-corrected chi connectivity index (χ1v) is 7.10. The minimum absolute atomic E-state index is 0.0810. The molecule has 1 aromatic rings. The van der Waals surface area contributed by atoms with E-state index >= 15 is 0 Å². The Labute approximate surface area is 128 Å². The molecule has 1 aromatic carbocycles. The van der Waals surface area contributed by atoms with Crippen LogP contribution in [0.25, 0.3) is 6.08 Å². The number of hydrogen-bond donors (Lipinski definition) is 2. The summed E-state index contributed by atoms with van der Waals surface area (Å²) in [6, 6.07) is 4.50. The van der Waals surface area contributed by atoms with Gasteiger partial charge >= 0.3 is 5.97 Å². The van der Waals surface area contributed by atoms with Gasteiger partial charge in [0.15, 0.2) is 11.5 Å². The highest BCUT2D eigenvalue weighted by molar-refractivity contribution is 6.00. The fourth-order valence-corrected chi connectivity index (χ4v) is 2.27. The lowest BCUT2D eigenvalue weighted by molar-refractivity contribution is -0.141. The van der Waals surface area contributed by atoms with Crippen molar-refractivity contribution in [2.45, 2.75) is 25.8 Å². The molecule has 1 aliphatic rings. The predicted molar refractivity (Wildman–Crippen MR) is 80.9 cm³/mol. The van der Waals surface area contributed by atoms with Crippen molar-refractivity contribution in [2.75, 3.05) is 13.7 Å². The number of methoxy groups -OCH3 is 1. The van der Waals surface area contributed by atoms with Crippen LogP contribution in [0, 0.1) is 0 Å². The summed E-state index contributed by atoms with van der Waals surface area (Å²) in [5.41, 5.74) is 1.13. The van der Waals surface area contributed by atoms with Gasteiger partial charge in [-0.25, -0.2) is 4.79 Å². The van der Waals surface area contributed by atoms with Crippen molar-refractivity contribution < 1.29 is 24.2 Å². The largest absolute Gasteiger partial charge is 0.493 e. The zero-order valence-electron chi connectivity index (χ0n) is 12.6. The Morgan fingerprint density at radius 2 is 2.23 bits per heavy atom. The maximum Gasteiger partial charge on any atom is 0.326 e. The third-order valence-electron chi connectivity index (χ3n) is 3.40. The van der Waals surface area contributed by atoms with Gasteiger partial charge in [0.1, 0.15) is 12.6 Å². The van der Waals surface area contributed by atoms with E-state index in [4.69, 9.17) is 14.6 Å². The standard InChI is InChI=1S/C16H19NO5/c1-3-5-12(16(19)20)17-15(18)11-8-10-6-4-7-13(21-2)14(10)22-9-11/h4,6-8,12H,3,5,9H2,1-2H3,(H,17,18)(H,19,20). The van der Waals surface area contributed by atoms with E-state index in [1.54, 1.807) is 25.3 Å². The van der Waals surface area contributed by atoms with Crippen LogP contribution in [0.4, 0.5) is 0 Å². The van der Waals surface area contributed by atoms with Crippen molar-refractivity contribution in [3.8, 4) is 11.5 Å². The molecule has 1 unspecified atom stereocenters. The number of carboxylic acid groups (broad SMARTS) is 1. The summed E-state index contributed by atoms with van der Waals surface area (Å²) < 4.78 is 10.8. The fourth-order valence-electron chi connectivity index (χ4n) is 2.27. The molecule has 0 saturated heterocycles. The first-order valence-electron chi connectivity index (χ1n) is 7.10. The van der Waals surface area contributed by atoms with Gasteiger partial charge in [0, 0.05) is 5.56 Å². The van der Waals surface area contributed by atoms with Crippen molar-refractivity contribution in [1.82, 2.24) is 5.32 Å². The lowest BCUT2D eigenvalue weighted by Gasteiger charge is -2.21. The van der Waals surface area contributed by atoms with Gasteiger partial charge in [-0.1, -0.05) is 25.5 Å². The molecule has 1 heterocycles. The second kappa shape index (κ2) is 6.98. The van der Waals surface area contributed by atoms with Crippen molar-refractivity contribution in [3.05, 3.63) is 29.3 Å². The van der Waals surface area contributed by atoms with Crippen LogP contribution in [-0.2, 0) is 9.59 Å². The van der Waals surface area contributed by atoms with Crippen LogP contribution in [0.3, 0.4) is 0 Å². The van der Waals surface area contributed by atoms with Gasteiger partial charge in [-0.05, 0) is 18.6 Å². The topological polar surface area (TPSA) is 84.9 Å². The maximum absolute atomic E-state index is 12.2. The summed E-state index contributed by atoms with van der Waals surface area (Å²) in [7, 11) is 1.55. The molecule has 2 rings (SSSR count). The Hall–Kier alpha value is -2.50. The van der Waals surface area contributed by atoms with E-state index in [1.807, 2.05) is 13.0 Å². The number of ether oxygens (including phenoxy) is 2. The molecule has 1 aliphatic heterocycles. The average Bonchev–Trinajstić information content (AvgIpc) is 2.53. The summed E-state index contributed by atoms with van der Waals surface area (Å²) in [6.07, 6.45) is 2.76. The molecule has 6 heteroatoms. The van der Waals surface area contributed by atoms with E-state index < -0.39 is 17.9 Å². The van der Waals surface area contributed by atoms with E-state index in [2.05, 4.69) is 5.32 Å². The van der Waals surface area contributed by atoms with Crippen LogP contribution < -0.4 is 14.8 Å². The lowest BCUT2D eigenvalue weighted by atomic mass is 10.1. The molecule has 0 aromatic heterocycles. The summed E-state index contributed by atoms with van der Waals surface area (Å²) >= 11 is 0. The van der Waals surface area contributed by atoms with Gasteiger partial charge in [-0.15, -0.1) is 0 Å². The van der Waals surface area contributed by atoms with Gasteiger partial charge < -0.3 is 19.9 Å². The molecule has 0 spiro atoms. The molecule has 6 nitrogen and oxygen atoms in total. The zero-order valence-corrected chi connectivity index (χ0v) is 12.6. The Balaban J connectivity index is 2.17. The molecule has 1 atom stereocenters. The first-order chi connectivity index (χ1) is 10.6. The number of amides is 1. The molecular formula is C16H19NO5. The molecule has 0 aliphatic carbocycles. The summed E-state index contributed by atoms with van der Waals surface area (Å²) in [5, 5.41) is 11.6. The van der Waals surface area contributed by atoms with Crippen LogP contribution in [0.1, 0.15) is 25.3 Å². The van der Waals surface area contributed by atoms with Crippen molar-refractivity contribution in [1.29, 1.82) is 0 Å². The van der Waals surface area contributed by atoms with E-state index in [1.165, 1.54) is 0 Å². The number of rotatable bonds is 6. The number of fused-ring (bicyclic) bond motifs is 1. The molecule has 0 radical (unpaired) electrons. The predicted octanol–water partition coefficient (Wildman–Crippen LogP) is 1.84. The molecule has 0 saturated carbocycles. The molecule has 1 amide bonds. The first kappa shape index (κ1) is 15.9. The maximum atomic E-state index is 12.2. The number of carbonyl (C=O) groups excluding carboxylic acids is 1. The van der Waals surface area contributed by atoms with Crippen LogP contribution in [0.15, 0.2) is 23.8 Å². The molecule has 22 heavy (non-hydrogen) atoms. The number of nitrogens with one attached hydrogen (secondary N) is 1. The number of carbonyl (C=O) groups is 2. The smallest absolute Gasteiger partial charge is 0.326 e. The Bertz CT molecular complexity index is 609. The Kier molecular flexibility index (Phi) is 5.04. The molecule has 118 valence electrons. The Morgan fingerprint density at radius 1 is 1.45 bits per heavy atom. The SMILES string of the molecule is CCCC(NC(=O)C1=Cc2cccc(OC)c2OC1)C(=O)O. The average molecular weight is 305 g/mol. The van der Waals surface area contributed by atoms with E-state index in [9.17, 15) is 9.59 Å². The summed E-state index contributed by atoms with van der Waals surface area (Å²) in [6.45, 7) is 1.95. The lowest BCUT2D eigenvalue weighted by Crippen LogP contribution is -2.42. The van der Waals surface area contributed by atoms with Crippen molar-refractivity contribution in [2.24, 2.45) is 0 Å². The van der Waals surface area contributed by atoms with Crippen molar-refractivity contribution in [3.63, 3.8) is 0 Å². The van der Waals surface area contributed by atoms with Gasteiger partial charge in [-0.2, -0.15) is 0 Å². The number of para-hydroxylation sites is 1. The van der Waals surface area contributed by atoms with Gasteiger partial charge in [0.25, 0.3) is 5.91 Å². The molecule has 0 fully saturated rings. The van der Waals surface area contributed by atoms with Crippen LogP contribution >= 0.6 is 0 Å². The molecular weight excluding hydrogens is 286 g/mol. The molecule has 2 N–H and O–H groups in total. The minimum atomic E-state index is -1.03. The van der Waals surface area contributed by atoms with E-state index in [0.29, 0.717) is 29.9 Å². The zero-order chi connectivity index (χ0) is 16.1. The summed E-state index contributed by atoms with van der Waals surface area (Å²) in [4.78, 5) is 23.3. The van der Waals surface area contributed by atoms with Gasteiger partial charge in [0.2, 0.25) is 0 Å². The number of benzene rings is 1. The second-order valence-electron chi connectivity index (χ2n) is 4.99. The third kappa shape index (κ3) is 3.39. The highest BCUT2D eigenvalue weighted by atomic mass is 16.5. The monoisotopic (exact) mass is 305 g/mol. The van der Waals surface area contributed by atoms with Gasteiger partial charge in [0.05, 0.1) is 12.7 Å². The fraction of sp³-hybridized carbons (Fsp3) is 0.375. The Morgan fingerprint density at radius 3 is 2.86 bits per heavy atom.